The molecule has 0 amide bonds. The number of nitrogens with zero attached hydrogens (tertiary/aromatic N) is 3. The van der Waals surface area contributed by atoms with Gasteiger partial charge in [0, 0.05) is 19.4 Å². The van der Waals surface area contributed by atoms with Crippen LogP contribution in [0.4, 0.5) is 0 Å². The molecule has 0 aromatic carbocycles. The molecule has 0 radical (unpaired) electrons. The predicted octanol–water partition coefficient (Wildman–Crippen LogP) is 1.71. The highest BCUT2D eigenvalue weighted by Crippen LogP contribution is 2.21. The van der Waals surface area contributed by atoms with Crippen LogP contribution in [0.15, 0.2) is 4.52 Å². The summed E-state index contributed by atoms with van der Waals surface area (Å²) in [5.41, 5.74) is 0. The molecule has 0 aliphatic carbocycles. The van der Waals surface area contributed by atoms with Crippen molar-refractivity contribution in [2.24, 2.45) is 5.92 Å². The molecule has 6 nitrogen and oxygen atoms in total. The Labute approximate surface area is 112 Å². The normalized spacial score (nSPS) is 20.6. The molecule has 0 saturated carbocycles. The summed E-state index contributed by atoms with van der Waals surface area (Å²) in [6, 6.07) is 0. The Morgan fingerprint density at radius 2 is 2.42 bits per heavy atom. The van der Waals surface area contributed by atoms with E-state index in [4.69, 9.17) is 9.63 Å². The smallest absolute Gasteiger partial charge is 0.303 e. The number of carboxylic acid groups (broad SMARTS) is 1. The minimum absolute atomic E-state index is 0.265. The fourth-order valence-corrected chi connectivity index (χ4v) is 2.56. The maximum absolute atomic E-state index is 10.6. The standard InChI is InChI=1S/C13H21N3O3/c1-2-12-14-11(15-19-12)9-16-7-3-4-10(8-16)5-6-13(17)18/h10H,2-9H2,1H3,(H,17,18). The van der Waals surface area contributed by atoms with Gasteiger partial charge in [0.15, 0.2) is 5.82 Å². The van der Waals surface area contributed by atoms with Gasteiger partial charge in [-0.05, 0) is 31.7 Å². The van der Waals surface area contributed by atoms with E-state index in [1.165, 1.54) is 0 Å². The van der Waals surface area contributed by atoms with Gasteiger partial charge in [-0.25, -0.2) is 0 Å². The van der Waals surface area contributed by atoms with Gasteiger partial charge < -0.3 is 9.63 Å². The fraction of sp³-hybridized carbons (Fsp3) is 0.769. The van der Waals surface area contributed by atoms with Crippen LogP contribution in [0.25, 0.3) is 0 Å². The number of aryl methyl sites for hydroxylation is 1. The third kappa shape index (κ3) is 4.31. The quantitative estimate of drug-likeness (QED) is 0.845. The summed E-state index contributed by atoms with van der Waals surface area (Å²) in [6.45, 7) is 4.65. The number of carboxylic acids is 1. The molecule has 1 fully saturated rings. The summed E-state index contributed by atoms with van der Waals surface area (Å²) in [6.07, 6.45) is 4.02. The Bertz CT molecular complexity index is 419. The molecular formula is C13H21N3O3. The third-order valence-electron chi connectivity index (χ3n) is 3.55. The Kier molecular flexibility index (Phi) is 4.90. The number of rotatable bonds is 6. The van der Waals surface area contributed by atoms with Gasteiger partial charge in [0.1, 0.15) is 0 Å². The van der Waals surface area contributed by atoms with Crippen molar-refractivity contribution >= 4 is 5.97 Å². The van der Waals surface area contributed by atoms with Gasteiger partial charge in [-0.2, -0.15) is 4.98 Å². The van der Waals surface area contributed by atoms with E-state index >= 15 is 0 Å². The second-order valence-corrected chi connectivity index (χ2v) is 5.13. The van der Waals surface area contributed by atoms with Crippen LogP contribution in [0.3, 0.4) is 0 Å². The van der Waals surface area contributed by atoms with Crippen molar-refractivity contribution in [1.29, 1.82) is 0 Å². The number of likely N-dealkylation sites (tertiary alicyclic amines) is 1. The number of hydrogen-bond acceptors (Lipinski definition) is 5. The van der Waals surface area contributed by atoms with Crippen LogP contribution in [0.5, 0.6) is 0 Å². The largest absolute Gasteiger partial charge is 0.481 e. The van der Waals surface area contributed by atoms with Crippen LogP contribution in [0, 0.1) is 5.92 Å². The molecule has 106 valence electrons. The molecule has 19 heavy (non-hydrogen) atoms. The minimum Gasteiger partial charge on any atom is -0.481 e. The lowest BCUT2D eigenvalue weighted by atomic mass is 9.93. The second-order valence-electron chi connectivity index (χ2n) is 5.13. The van der Waals surface area contributed by atoms with Gasteiger partial charge in [0.2, 0.25) is 5.89 Å². The van der Waals surface area contributed by atoms with E-state index < -0.39 is 5.97 Å². The zero-order valence-electron chi connectivity index (χ0n) is 11.3. The van der Waals surface area contributed by atoms with Crippen molar-refractivity contribution in [3.05, 3.63) is 11.7 Å². The third-order valence-corrected chi connectivity index (χ3v) is 3.55. The van der Waals surface area contributed by atoms with Crippen LogP contribution in [0.1, 0.15) is 44.3 Å². The fourth-order valence-electron chi connectivity index (χ4n) is 2.56. The van der Waals surface area contributed by atoms with Crippen LogP contribution >= 0.6 is 0 Å². The van der Waals surface area contributed by atoms with Crippen LogP contribution in [-0.4, -0.2) is 39.2 Å². The van der Waals surface area contributed by atoms with Crippen molar-refractivity contribution in [3.63, 3.8) is 0 Å². The summed E-state index contributed by atoms with van der Waals surface area (Å²) in [7, 11) is 0. The first-order valence-electron chi connectivity index (χ1n) is 6.93. The first-order valence-corrected chi connectivity index (χ1v) is 6.93. The summed E-state index contributed by atoms with van der Waals surface area (Å²) in [5.74, 6) is 1.18. The van der Waals surface area contributed by atoms with Crippen LogP contribution in [-0.2, 0) is 17.8 Å². The molecule has 1 aromatic heterocycles. The van der Waals surface area contributed by atoms with Gasteiger partial charge in [0.05, 0.1) is 6.54 Å². The average molecular weight is 267 g/mol. The Hall–Kier alpha value is -1.43. The lowest BCUT2D eigenvalue weighted by Gasteiger charge is -2.31. The first kappa shape index (κ1) is 14.0. The summed E-state index contributed by atoms with van der Waals surface area (Å²) in [4.78, 5) is 17.2. The topological polar surface area (TPSA) is 79.5 Å². The molecule has 0 spiro atoms. The van der Waals surface area contributed by atoms with Crippen molar-refractivity contribution in [2.75, 3.05) is 13.1 Å². The number of aromatic nitrogens is 2. The van der Waals surface area contributed by atoms with E-state index in [0.717, 1.165) is 44.6 Å². The van der Waals surface area contributed by atoms with E-state index in [1.54, 1.807) is 0 Å². The Morgan fingerprint density at radius 1 is 1.58 bits per heavy atom. The lowest BCUT2D eigenvalue weighted by Crippen LogP contribution is -2.35. The first-order chi connectivity index (χ1) is 9.17. The van der Waals surface area contributed by atoms with E-state index in [2.05, 4.69) is 15.0 Å². The molecule has 1 aliphatic rings. The van der Waals surface area contributed by atoms with Gasteiger partial charge in [-0.15, -0.1) is 0 Å². The lowest BCUT2D eigenvalue weighted by molar-refractivity contribution is -0.137. The zero-order valence-corrected chi connectivity index (χ0v) is 11.3. The number of aliphatic carboxylic acids is 1. The Balaban J connectivity index is 1.81. The van der Waals surface area contributed by atoms with E-state index in [-0.39, 0.29) is 6.42 Å². The highest BCUT2D eigenvalue weighted by Gasteiger charge is 2.21. The molecule has 1 aliphatic heterocycles. The molecule has 1 N–H and O–H groups in total. The van der Waals surface area contributed by atoms with Gasteiger partial charge >= 0.3 is 5.97 Å². The van der Waals surface area contributed by atoms with Gasteiger partial charge in [0.25, 0.3) is 0 Å². The van der Waals surface area contributed by atoms with Crippen molar-refractivity contribution < 1.29 is 14.4 Å². The highest BCUT2D eigenvalue weighted by atomic mass is 16.5. The molecule has 0 bridgehead atoms. The van der Waals surface area contributed by atoms with Crippen molar-refractivity contribution in [3.8, 4) is 0 Å². The zero-order chi connectivity index (χ0) is 13.7. The number of hydrogen-bond donors (Lipinski definition) is 1. The van der Waals surface area contributed by atoms with E-state index in [9.17, 15) is 4.79 Å². The average Bonchev–Trinajstić information content (AvgIpc) is 2.84. The number of piperidine rings is 1. The molecule has 2 rings (SSSR count). The molecular weight excluding hydrogens is 246 g/mol. The van der Waals surface area contributed by atoms with Crippen LogP contribution in [0.2, 0.25) is 0 Å². The number of carbonyl (C=O) groups is 1. The maximum Gasteiger partial charge on any atom is 0.303 e. The van der Waals surface area contributed by atoms with E-state index in [1.807, 2.05) is 6.92 Å². The van der Waals surface area contributed by atoms with Crippen molar-refractivity contribution in [1.82, 2.24) is 15.0 Å². The SMILES string of the molecule is CCc1nc(CN2CCCC(CCC(=O)O)C2)no1. The molecule has 1 aromatic rings. The second kappa shape index (κ2) is 6.65. The summed E-state index contributed by atoms with van der Waals surface area (Å²) in [5, 5.41) is 12.7. The molecule has 6 heteroatoms. The summed E-state index contributed by atoms with van der Waals surface area (Å²) < 4.78 is 5.10. The molecule has 1 saturated heterocycles. The van der Waals surface area contributed by atoms with Gasteiger partial charge in [-0.1, -0.05) is 12.1 Å². The van der Waals surface area contributed by atoms with E-state index in [0.29, 0.717) is 18.4 Å². The van der Waals surface area contributed by atoms with Crippen molar-refractivity contribution in [2.45, 2.75) is 45.6 Å². The minimum atomic E-state index is -0.706. The summed E-state index contributed by atoms with van der Waals surface area (Å²) >= 11 is 0. The van der Waals surface area contributed by atoms with Crippen LogP contribution < -0.4 is 0 Å². The van der Waals surface area contributed by atoms with Gasteiger partial charge in [-0.3, -0.25) is 9.69 Å². The molecule has 1 unspecified atom stereocenters. The molecule has 1 atom stereocenters. The maximum atomic E-state index is 10.6. The highest BCUT2D eigenvalue weighted by molar-refractivity contribution is 5.66. The predicted molar refractivity (Wildman–Crippen MR) is 68.5 cm³/mol. The molecule has 2 heterocycles. The monoisotopic (exact) mass is 267 g/mol. The Morgan fingerprint density at radius 3 is 3.11 bits per heavy atom.